The maximum Gasteiger partial charge on any atom is 0.234 e. The van der Waals surface area contributed by atoms with Crippen LogP contribution < -0.4 is 10.6 Å². The smallest absolute Gasteiger partial charge is 0.234 e. The van der Waals surface area contributed by atoms with E-state index in [0.29, 0.717) is 26.3 Å². The van der Waals surface area contributed by atoms with Gasteiger partial charge in [-0.25, -0.2) is 0 Å². The molecular weight excluding hydrogens is 374 g/mol. The highest BCUT2D eigenvalue weighted by atomic mass is 16.5. The van der Waals surface area contributed by atoms with E-state index in [9.17, 15) is 4.79 Å². The molecule has 3 rings (SSSR count). The molecule has 1 unspecified atom stereocenters. The quantitative estimate of drug-likeness (QED) is 0.589. The Morgan fingerprint density at radius 3 is 2.67 bits per heavy atom. The van der Waals surface area contributed by atoms with Gasteiger partial charge in [0, 0.05) is 25.3 Å². The number of aryl methyl sites for hydroxylation is 1. The Hall–Kier alpha value is -2.37. The van der Waals surface area contributed by atoms with Crippen LogP contribution in [0, 0.1) is 0 Å². The topological polar surface area (TPSA) is 53.6 Å². The standard InChI is InChI=1S/C25H35N3O2/c1-2-3-8-21-9-7-10-22(19-21)24(27-23-11-5-4-6-12-23)13-14-26-25(29)20-28-15-17-30-18-16-28/h4-7,9-12,19,24,27H,2-3,8,13-18,20H2,1H3,(H,26,29). The van der Waals surface area contributed by atoms with Gasteiger partial charge in [-0.05, 0) is 42.5 Å². The highest BCUT2D eigenvalue weighted by molar-refractivity contribution is 5.78. The Labute approximate surface area is 180 Å². The van der Waals surface area contributed by atoms with E-state index in [1.165, 1.54) is 24.0 Å². The SMILES string of the molecule is CCCCc1cccc(C(CCNC(=O)CN2CCOCC2)Nc2ccccc2)c1. The molecule has 162 valence electrons. The zero-order valence-corrected chi connectivity index (χ0v) is 18.1. The van der Waals surface area contributed by atoms with Crippen LogP contribution in [0.15, 0.2) is 54.6 Å². The summed E-state index contributed by atoms with van der Waals surface area (Å²) in [4.78, 5) is 14.5. The Kier molecular flexibility index (Phi) is 9.19. The molecule has 0 bridgehead atoms. The number of para-hydroxylation sites is 1. The van der Waals surface area contributed by atoms with E-state index in [1.54, 1.807) is 0 Å². The van der Waals surface area contributed by atoms with Crippen LogP contribution in [0.4, 0.5) is 5.69 Å². The number of carbonyl (C=O) groups excluding carboxylic acids is 1. The number of nitrogens with one attached hydrogen (secondary N) is 2. The first-order valence-electron chi connectivity index (χ1n) is 11.2. The molecule has 1 heterocycles. The average Bonchev–Trinajstić information content (AvgIpc) is 2.78. The van der Waals surface area contributed by atoms with Gasteiger partial charge in [-0.15, -0.1) is 0 Å². The Balaban J connectivity index is 1.59. The van der Waals surface area contributed by atoms with E-state index in [4.69, 9.17) is 4.74 Å². The molecule has 0 aromatic heterocycles. The number of benzene rings is 2. The van der Waals surface area contributed by atoms with Crippen molar-refractivity contribution in [3.8, 4) is 0 Å². The van der Waals surface area contributed by atoms with Crippen molar-refractivity contribution >= 4 is 11.6 Å². The molecular formula is C25H35N3O2. The molecule has 2 aromatic rings. The van der Waals surface area contributed by atoms with Gasteiger partial charge in [-0.3, -0.25) is 9.69 Å². The van der Waals surface area contributed by atoms with Crippen LogP contribution in [-0.2, 0) is 16.0 Å². The molecule has 1 atom stereocenters. The van der Waals surface area contributed by atoms with Crippen LogP contribution in [-0.4, -0.2) is 50.2 Å². The molecule has 30 heavy (non-hydrogen) atoms. The van der Waals surface area contributed by atoms with E-state index >= 15 is 0 Å². The van der Waals surface area contributed by atoms with Crippen molar-refractivity contribution < 1.29 is 9.53 Å². The molecule has 0 spiro atoms. The maximum atomic E-state index is 12.3. The third-order valence-corrected chi connectivity index (χ3v) is 5.51. The third-order valence-electron chi connectivity index (χ3n) is 5.51. The lowest BCUT2D eigenvalue weighted by Gasteiger charge is -2.26. The highest BCUT2D eigenvalue weighted by Gasteiger charge is 2.16. The normalized spacial score (nSPS) is 15.5. The summed E-state index contributed by atoms with van der Waals surface area (Å²) in [5, 5.41) is 6.76. The fourth-order valence-electron chi connectivity index (χ4n) is 3.78. The van der Waals surface area contributed by atoms with E-state index in [0.717, 1.165) is 31.6 Å². The summed E-state index contributed by atoms with van der Waals surface area (Å²) >= 11 is 0. The van der Waals surface area contributed by atoms with Crippen LogP contribution in [0.1, 0.15) is 43.4 Å². The molecule has 2 N–H and O–H groups in total. The second-order valence-electron chi connectivity index (χ2n) is 7.94. The van der Waals surface area contributed by atoms with Gasteiger partial charge < -0.3 is 15.4 Å². The summed E-state index contributed by atoms with van der Waals surface area (Å²) in [6, 6.07) is 19.3. The van der Waals surface area contributed by atoms with E-state index in [-0.39, 0.29) is 11.9 Å². The average molecular weight is 410 g/mol. The summed E-state index contributed by atoms with van der Waals surface area (Å²) in [7, 11) is 0. The number of ether oxygens (including phenoxy) is 1. The van der Waals surface area contributed by atoms with Crippen LogP contribution >= 0.6 is 0 Å². The molecule has 1 saturated heterocycles. The molecule has 0 saturated carbocycles. The van der Waals surface area contributed by atoms with Crippen molar-refractivity contribution in [1.29, 1.82) is 0 Å². The predicted molar refractivity (Wildman–Crippen MR) is 123 cm³/mol. The van der Waals surface area contributed by atoms with Gasteiger partial charge in [0.05, 0.1) is 25.8 Å². The minimum Gasteiger partial charge on any atom is -0.379 e. The molecule has 5 nitrogen and oxygen atoms in total. The van der Waals surface area contributed by atoms with Gasteiger partial charge in [-0.2, -0.15) is 0 Å². The van der Waals surface area contributed by atoms with E-state index < -0.39 is 0 Å². The number of morpholine rings is 1. The van der Waals surface area contributed by atoms with Crippen molar-refractivity contribution in [1.82, 2.24) is 10.2 Å². The number of rotatable bonds is 11. The minimum atomic E-state index is 0.0899. The van der Waals surface area contributed by atoms with Crippen molar-refractivity contribution in [2.45, 2.75) is 38.6 Å². The zero-order chi connectivity index (χ0) is 21.0. The molecule has 1 aliphatic heterocycles. The molecule has 1 amide bonds. The van der Waals surface area contributed by atoms with E-state index in [2.05, 4.69) is 58.9 Å². The lowest BCUT2D eigenvalue weighted by atomic mass is 9.98. The fourth-order valence-corrected chi connectivity index (χ4v) is 3.78. The number of unbranched alkanes of at least 4 members (excludes halogenated alkanes) is 1. The number of anilines is 1. The van der Waals surface area contributed by atoms with Crippen LogP contribution in [0.5, 0.6) is 0 Å². The van der Waals surface area contributed by atoms with Crippen molar-refractivity contribution in [3.05, 3.63) is 65.7 Å². The second-order valence-corrected chi connectivity index (χ2v) is 7.94. The summed E-state index contributed by atoms with van der Waals surface area (Å²) in [6.45, 7) is 6.41. The Morgan fingerprint density at radius 1 is 1.10 bits per heavy atom. The number of amides is 1. The van der Waals surface area contributed by atoms with Crippen molar-refractivity contribution in [2.24, 2.45) is 0 Å². The van der Waals surface area contributed by atoms with Gasteiger partial charge in [-0.1, -0.05) is 55.8 Å². The van der Waals surface area contributed by atoms with Crippen molar-refractivity contribution in [2.75, 3.05) is 44.7 Å². The molecule has 5 heteroatoms. The molecule has 0 aliphatic carbocycles. The summed E-state index contributed by atoms with van der Waals surface area (Å²) in [6.07, 6.45) is 4.35. The summed E-state index contributed by atoms with van der Waals surface area (Å²) in [5.41, 5.74) is 3.75. The van der Waals surface area contributed by atoms with Gasteiger partial charge in [0.25, 0.3) is 0 Å². The van der Waals surface area contributed by atoms with Crippen LogP contribution in [0.3, 0.4) is 0 Å². The molecule has 2 aromatic carbocycles. The first-order chi connectivity index (χ1) is 14.7. The first kappa shape index (κ1) is 22.3. The molecule has 1 fully saturated rings. The van der Waals surface area contributed by atoms with Crippen molar-refractivity contribution in [3.63, 3.8) is 0 Å². The molecule has 0 radical (unpaired) electrons. The number of nitrogens with zero attached hydrogens (tertiary/aromatic N) is 1. The third kappa shape index (κ3) is 7.47. The van der Waals surface area contributed by atoms with Gasteiger partial charge in [0.15, 0.2) is 0 Å². The maximum absolute atomic E-state index is 12.3. The fraction of sp³-hybridized carbons (Fsp3) is 0.480. The van der Waals surface area contributed by atoms with Gasteiger partial charge in [0.2, 0.25) is 5.91 Å². The van der Waals surface area contributed by atoms with Gasteiger partial charge in [0.1, 0.15) is 0 Å². The number of hydrogen-bond acceptors (Lipinski definition) is 4. The first-order valence-corrected chi connectivity index (χ1v) is 11.2. The Morgan fingerprint density at radius 2 is 1.90 bits per heavy atom. The molecule has 1 aliphatic rings. The lowest BCUT2D eigenvalue weighted by Crippen LogP contribution is -2.43. The minimum absolute atomic E-state index is 0.0899. The van der Waals surface area contributed by atoms with E-state index in [1.807, 2.05) is 18.2 Å². The summed E-state index contributed by atoms with van der Waals surface area (Å²) < 4.78 is 5.35. The lowest BCUT2D eigenvalue weighted by molar-refractivity contribution is -0.123. The van der Waals surface area contributed by atoms with Crippen LogP contribution in [0.25, 0.3) is 0 Å². The predicted octanol–water partition coefficient (Wildman–Crippen LogP) is 4.02. The highest BCUT2D eigenvalue weighted by Crippen LogP contribution is 2.24. The largest absolute Gasteiger partial charge is 0.379 e. The Bertz CT molecular complexity index is 760. The van der Waals surface area contributed by atoms with Crippen LogP contribution in [0.2, 0.25) is 0 Å². The second kappa shape index (κ2) is 12.4. The number of carbonyl (C=O) groups is 1. The summed E-state index contributed by atoms with van der Waals surface area (Å²) in [5.74, 6) is 0.0899. The number of hydrogen-bond donors (Lipinski definition) is 2. The van der Waals surface area contributed by atoms with Gasteiger partial charge >= 0.3 is 0 Å². The monoisotopic (exact) mass is 409 g/mol. The zero-order valence-electron chi connectivity index (χ0n) is 18.1.